The van der Waals surface area contributed by atoms with Crippen LogP contribution >= 0.6 is 0 Å². The molecule has 1 atom stereocenters. The maximum atomic E-state index is 15.3. The summed E-state index contributed by atoms with van der Waals surface area (Å²) in [5.41, 5.74) is -2.66. The molecule has 4 rings (SSSR count). The molecule has 11 N–H and O–H groups in total. The lowest BCUT2D eigenvalue weighted by Gasteiger charge is -2.40. The van der Waals surface area contributed by atoms with Gasteiger partial charge in [0.05, 0.1) is 36.4 Å². The molecule has 0 spiro atoms. The number of carbonyl (C=O) groups is 3. The second-order valence-electron chi connectivity index (χ2n) is 10.2. The highest BCUT2D eigenvalue weighted by atomic mass is 19.1. The summed E-state index contributed by atoms with van der Waals surface area (Å²) in [5, 5.41) is 105. The van der Waals surface area contributed by atoms with Crippen molar-refractivity contribution in [2.45, 2.75) is 37.3 Å². The number of halogens is 1. The fraction of sp³-hybridized carbons (Fsp3) is 0.423. The molecule has 246 valence electrons. The average Bonchev–Trinajstić information content (AvgIpc) is 3.34. The summed E-state index contributed by atoms with van der Waals surface area (Å²) >= 11 is 0. The number of rotatable bonds is 10. The van der Waals surface area contributed by atoms with Crippen LogP contribution in [0, 0.1) is 5.82 Å². The van der Waals surface area contributed by atoms with Gasteiger partial charge in [0.2, 0.25) is 17.4 Å². The zero-order valence-corrected chi connectivity index (χ0v) is 23.4. The quantitative estimate of drug-likeness (QED) is 0.0536. The largest absolute Gasteiger partial charge is 0.504 e. The molecule has 18 nitrogen and oxygen atoms in total. The van der Waals surface area contributed by atoms with Crippen LogP contribution in [-0.2, 0) is 34.0 Å². The van der Waals surface area contributed by atoms with Crippen molar-refractivity contribution in [1.29, 1.82) is 0 Å². The number of aromatic hydroxyl groups is 6. The number of aldehydes is 1. The van der Waals surface area contributed by atoms with Crippen molar-refractivity contribution in [2.75, 3.05) is 33.4 Å². The van der Waals surface area contributed by atoms with Crippen LogP contribution in [0.15, 0.2) is 0 Å². The molecule has 2 heterocycles. The van der Waals surface area contributed by atoms with E-state index in [9.17, 15) is 65.4 Å². The van der Waals surface area contributed by atoms with Gasteiger partial charge in [-0.15, -0.1) is 0 Å². The van der Waals surface area contributed by atoms with Crippen LogP contribution < -0.4 is 10.1 Å². The van der Waals surface area contributed by atoms with Gasteiger partial charge in [0.1, 0.15) is 6.61 Å². The van der Waals surface area contributed by atoms with Gasteiger partial charge in [0, 0.05) is 32.2 Å². The number of hydrogen-bond donors (Lipinski definition) is 11. The van der Waals surface area contributed by atoms with Crippen molar-refractivity contribution in [3.63, 3.8) is 0 Å². The topological polar surface area (TPSA) is 290 Å². The van der Waals surface area contributed by atoms with Gasteiger partial charge < -0.3 is 70.8 Å². The highest BCUT2D eigenvalue weighted by molar-refractivity contribution is 6.05. The third kappa shape index (κ3) is 5.45. The lowest BCUT2D eigenvalue weighted by molar-refractivity contribution is -0.345. The molecule has 1 unspecified atom stereocenters. The molecule has 0 bridgehead atoms. The van der Waals surface area contributed by atoms with Crippen molar-refractivity contribution in [3.05, 3.63) is 28.1 Å². The fourth-order valence-corrected chi connectivity index (χ4v) is 5.02. The Morgan fingerprint density at radius 2 is 1.58 bits per heavy atom. The summed E-state index contributed by atoms with van der Waals surface area (Å²) in [6.07, 6.45) is -0.738. The Morgan fingerprint density at radius 1 is 0.978 bits per heavy atom. The molecule has 2 aliphatic rings. The van der Waals surface area contributed by atoms with Crippen LogP contribution in [-0.4, -0.2) is 130 Å². The zero-order chi connectivity index (χ0) is 33.6. The molecule has 1 fully saturated rings. The smallest absolute Gasteiger partial charge is 0.279 e. The molecule has 0 radical (unpaired) electrons. The Labute approximate surface area is 251 Å². The third-order valence-corrected chi connectivity index (χ3v) is 7.57. The number of ether oxygens (including phenoxy) is 2. The van der Waals surface area contributed by atoms with Crippen molar-refractivity contribution in [3.8, 4) is 40.2 Å². The number of fused-ring (bicyclic) bond motifs is 1. The molecule has 19 heteroatoms. The van der Waals surface area contributed by atoms with E-state index in [4.69, 9.17) is 9.47 Å². The second-order valence-corrected chi connectivity index (χ2v) is 10.2. The van der Waals surface area contributed by atoms with Crippen LogP contribution in [0.2, 0.25) is 0 Å². The minimum absolute atomic E-state index is 0.165. The Bertz CT molecular complexity index is 1510. The number of aliphatic hydroxyl groups is 4. The average molecular weight is 644 g/mol. The number of carbonyl (C=O) groups excluding carboxylic acids is 3. The first kappa shape index (κ1) is 33.2. The fourth-order valence-electron chi connectivity index (χ4n) is 5.02. The summed E-state index contributed by atoms with van der Waals surface area (Å²) in [6.45, 7) is -0.802. The number of likely N-dealkylation sites (N-methyl/N-ethyl adjacent to an activating group) is 1. The normalized spacial score (nSPS) is 16.4. The van der Waals surface area contributed by atoms with Crippen molar-refractivity contribution < 1.29 is 79.3 Å². The predicted octanol–water partition coefficient (Wildman–Crippen LogP) is -2.90. The maximum absolute atomic E-state index is 15.3. The minimum Gasteiger partial charge on any atom is -0.504 e. The number of nitrogens with one attached hydrogen (secondary N) is 1. The first-order valence-electron chi connectivity index (χ1n) is 13.1. The molecular formula is C26H30FN3O15. The molecule has 2 aromatic carbocycles. The Morgan fingerprint density at radius 3 is 2.16 bits per heavy atom. The summed E-state index contributed by atoms with van der Waals surface area (Å²) < 4.78 is 25.9. The first-order valence-corrected chi connectivity index (χ1v) is 13.1. The zero-order valence-electron chi connectivity index (χ0n) is 23.4. The van der Waals surface area contributed by atoms with E-state index in [-0.39, 0.29) is 17.0 Å². The minimum atomic E-state index is -4.08. The SMILES string of the molecule is CNC(=O)C(N1Cc2c(OCc3c(O)c(O)c(CN4CCOCC4)c(O)c3F)c(O)c(O)c(O)c2C1=O)C(O)(O)C(O)(O)C=O. The summed E-state index contributed by atoms with van der Waals surface area (Å²) in [4.78, 5) is 39.1. The van der Waals surface area contributed by atoms with Crippen LogP contribution in [0.1, 0.15) is 27.0 Å². The van der Waals surface area contributed by atoms with Gasteiger partial charge in [-0.05, 0) is 0 Å². The molecule has 1 saturated heterocycles. The lowest BCUT2D eigenvalue weighted by Crippen LogP contribution is -2.70. The van der Waals surface area contributed by atoms with E-state index in [2.05, 4.69) is 0 Å². The molecule has 45 heavy (non-hydrogen) atoms. The van der Waals surface area contributed by atoms with E-state index in [1.54, 1.807) is 4.90 Å². The lowest BCUT2D eigenvalue weighted by atomic mass is 9.96. The standard InChI is InChI=1S/C26H30FN3O15/c1-28-23(38)22(26(42,43)25(40,41)9-31)30-7-10-13(24(30)39)18(35)19(36)20(37)21(10)45-8-12-14(27)15(32)11(16(33)17(12)34)6-29-2-4-44-5-3-29/h9,22,32-37,40-43H,2-8H2,1H3,(H,28,38). The van der Waals surface area contributed by atoms with Crippen LogP contribution in [0.4, 0.5) is 4.39 Å². The molecule has 0 aromatic heterocycles. The number of nitrogens with zero attached hydrogens (tertiary/aromatic N) is 2. The van der Waals surface area contributed by atoms with Gasteiger partial charge in [-0.1, -0.05) is 0 Å². The monoisotopic (exact) mass is 643 g/mol. The maximum Gasteiger partial charge on any atom is 0.279 e. The summed E-state index contributed by atoms with van der Waals surface area (Å²) in [5.74, 6) is -20.3. The number of morpholine rings is 1. The van der Waals surface area contributed by atoms with Crippen molar-refractivity contribution >= 4 is 18.1 Å². The van der Waals surface area contributed by atoms with Crippen LogP contribution in [0.5, 0.6) is 40.2 Å². The van der Waals surface area contributed by atoms with E-state index < -0.39 is 112 Å². The van der Waals surface area contributed by atoms with E-state index in [1.165, 1.54) is 0 Å². The molecule has 0 saturated carbocycles. The number of phenols is 6. The van der Waals surface area contributed by atoms with Crippen molar-refractivity contribution in [2.24, 2.45) is 0 Å². The first-order chi connectivity index (χ1) is 21.0. The van der Waals surface area contributed by atoms with Gasteiger partial charge in [0.15, 0.2) is 46.9 Å². The highest BCUT2D eigenvalue weighted by Gasteiger charge is 2.60. The third-order valence-electron chi connectivity index (χ3n) is 7.57. The number of hydrogen-bond acceptors (Lipinski definition) is 16. The van der Waals surface area contributed by atoms with E-state index in [0.29, 0.717) is 26.3 Å². The van der Waals surface area contributed by atoms with E-state index in [1.807, 2.05) is 5.32 Å². The second kappa shape index (κ2) is 12.0. The number of amides is 2. The molecule has 2 aliphatic heterocycles. The summed E-state index contributed by atoms with van der Waals surface area (Å²) in [6, 6.07) is -2.69. The van der Waals surface area contributed by atoms with Crippen LogP contribution in [0.3, 0.4) is 0 Å². The van der Waals surface area contributed by atoms with Gasteiger partial charge in [-0.25, -0.2) is 4.39 Å². The van der Waals surface area contributed by atoms with Gasteiger partial charge in [-0.3, -0.25) is 19.3 Å². The molecule has 2 amide bonds. The Hall–Kier alpha value is -4.66. The van der Waals surface area contributed by atoms with E-state index >= 15 is 4.39 Å². The van der Waals surface area contributed by atoms with Gasteiger partial charge in [0.25, 0.3) is 17.5 Å². The van der Waals surface area contributed by atoms with Crippen molar-refractivity contribution in [1.82, 2.24) is 15.1 Å². The highest BCUT2D eigenvalue weighted by Crippen LogP contribution is 2.52. The van der Waals surface area contributed by atoms with Gasteiger partial charge >= 0.3 is 0 Å². The van der Waals surface area contributed by atoms with E-state index in [0.717, 1.165) is 7.05 Å². The molecular weight excluding hydrogens is 613 g/mol. The Kier molecular flexibility index (Phi) is 8.88. The van der Waals surface area contributed by atoms with Crippen LogP contribution in [0.25, 0.3) is 0 Å². The number of phenolic OH excluding ortho intramolecular Hbond substituents is 6. The summed E-state index contributed by atoms with van der Waals surface area (Å²) in [7, 11) is 0.957. The van der Waals surface area contributed by atoms with Gasteiger partial charge in [-0.2, -0.15) is 0 Å². The molecule has 0 aliphatic carbocycles. The Balaban J connectivity index is 1.73. The predicted molar refractivity (Wildman–Crippen MR) is 141 cm³/mol. The molecule has 2 aromatic rings. The number of benzene rings is 2.